The Hall–Kier alpha value is -1.98. The molecule has 1 aliphatic heterocycles. The zero-order valence-electron chi connectivity index (χ0n) is 13.8. The van der Waals surface area contributed by atoms with Crippen molar-refractivity contribution >= 4 is 55.4 Å². The molecule has 2 aromatic rings. The van der Waals surface area contributed by atoms with Gasteiger partial charge < -0.3 is 11.1 Å². The van der Waals surface area contributed by atoms with E-state index in [-0.39, 0.29) is 5.84 Å². The van der Waals surface area contributed by atoms with Crippen molar-refractivity contribution < 1.29 is 12.8 Å². The van der Waals surface area contributed by atoms with E-state index >= 15 is 0 Å². The number of benzene rings is 2. The van der Waals surface area contributed by atoms with E-state index in [0.29, 0.717) is 23.4 Å². The van der Waals surface area contributed by atoms with E-state index in [1.165, 1.54) is 6.07 Å². The van der Waals surface area contributed by atoms with Gasteiger partial charge in [0.2, 0.25) is 10.0 Å². The van der Waals surface area contributed by atoms with Crippen LogP contribution in [0.15, 0.2) is 46.3 Å². The normalized spacial score (nSPS) is 14.2. The number of aryl methyl sites for hydroxylation is 1. The Morgan fingerprint density at radius 1 is 1.23 bits per heavy atom. The largest absolute Gasteiger partial charge is 0.383 e. The number of nitrogens with zero attached hydrogens (tertiary/aromatic N) is 1. The molecular weight excluding hydrogens is 470 g/mol. The van der Waals surface area contributed by atoms with Crippen LogP contribution >= 0.6 is 22.6 Å². The first kappa shape index (κ1) is 18.8. The molecule has 0 radical (unpaired) electrons. The number of hydrogen-bond acceptors (Lipinski definition) is 5. The molecule has 5 N–H and O–H groups in total. The molecule has 0 aliphatic carbocycles. The molecule has 0 aromatic heterocycles. The number of aliphatic imine (C=N–C) groups is 1. The van der Waals surface area contributed by atoms with Crippen molar-refractivity contribution in [1.82, 2.24) is 0 Å². The van der Waals surface area contributed by atoms with Crippen LogP contribution in [0.3, 0.4) is 0 Å². The summed E-state index contributed by atoms with van der Waals surface area (Å²) in [7, 11) is -4.22. The summed E-state index contributed by atoms with van der Waals surface area (Å²) >= 11 is 2.20. The first-order chi connectivity index (χ1) is 12.2. The molecule has 2 aromatic carbocycles. The second-order valence-electron chi connectivity index (χ2n) is 5.80. The molecule has 6 nitrogen and oxygen atoms in total. The minimum Gasteiger partial charge on any atom is -0.383 e. The van der Waals surface area contributed by atoms with Crippen LogP contribution in [-0.4, -0.2) is 20.8 Å². The number of sulfonamides is 1. The lowest BCUT2D eigenvalue weighted by Crippen LogP contribution is -2.17. The summed E-state index contributed by atoms with van der Waals surface area (Å²) in [4.78, 5) is 3.50. The van der Waals surface area contributed by atoms with Gasteiger partial charge in [0.15, 0.2) is 0 Å². The molecule has 0 saturated heterocycles. The van der Waals surface area contributed by atoms with Crippen molar-refractivity contribution in [3.8, 4) is 0 Å². The lowest BCUT2D eigenvalue weighted by Gasteiger charge is -2.17. The van der Waals surface area contributed by atoms with Gasteiger partial charge in [-0.15, -0.1) is 0 Å². The van der Waals surface area contributed by atoms with Crippen LogP contribution in [0.1, 0.15) is 11.1 Å². The maximum atomic E-state index is 14.4. The number of amidine groups is 1. The fraction of sp³-hybridized carbons (Fsp3) is 0.118. The standard InChI is InChI=1S/C17H16FIN4O2S/c1-9-6-10(19)2-3-14(9)23-15-8-13(18)16(26(21,24)25)7-12(15)11-4-5-22-17(11)20/h2-4,6-8,23H,5H2,1H3,(H2,20,22)(H2,21,24,25). The highest BCUT2D eigenvalue weighted by Gasteiger charge is 2.22. The Bertz CT molecular complexity index is 1060. The number of halogens is 2. The highest BCUT2D eigenvalue weighted by atomic mass is 127. The van der Waals surface area contributed by atoms with Gasteiger partial charge in [-0.2, -0.15) is 0 Å². The van der Waals surface area contributed by atoms with E-state index in [2.05, 4.69) is 32.9 Å². The molecule has 0 unspecified atom stereocenters. The van der Waals surface area contributed by atoms with Gasteiger partial charge in [-0.1, -0.05) is 6.08 Å². The van der Waals surface area contributed by atoms with E-state index in [1.807, 2.05) is 25.1 Å². The van der Waals surface area contributed by atoms with Gasteiger partial charge in [0.1, 0.15) is 16.5 Å². The van der Waals surface area contributed by atoms with Gasteiger partial charge in [-0.05, 0) is 65.4 Å². The second kappa shape index (κ2) is 6.97. The van der Waals surface area contributed by atoms with E-state index in [0.717, 1.165) is 20.9 Å². The van der Waals surface area contributed by atoms with Crippen molar-refractivity contribution in [2.75, 3.05) is 11.9 Å². The van der Waals surface area contributed by atoms with Crippen molar-refractivity contribution in [2.24, 2.45) is 15.9 Å². The molecule has 1 heterocycles. The third-order valence-electron chi connectivity index (χ3n) is 3.96. The van der Waals surface area contributed by atoms with Crippen LogP contribution in [0.2, 0.25) is 0 Å². The number of primary sulfonamides is 1. The zero-order chi connectivity index (χ0) is 19.1. The summed E-state index contributed by atoms with van der Waals surface area (Å²) in [5, 5.41) is 8.29. The maximum absolute atomic E-state index is 14.4. The Balaban J connectivity index is 2.17. The molecule has 9 heteroatoms. The number of hydrogen-bond donors (Lipinski definition) is 3. The fourth-order valence-electron chi connectivity index (χ4n) is 2.68. The summed E-state index contributed by atoms with van der Waals surface area (Å²) < 4.78 is 38.9. The molecule has 0 saturated carbocycles. The van der Waals surface area contributed by atoms with Crippen LogP contribution in [0.25, 0.3) is 5.57 Å². The quantitative estimate of drug-likeness (QED) is 0.578. The second-order valence-corrected chi connectivity index (χ2v) is 8.58. The van der Waals surface area contributed by atoms with E-state index in [4.69, 9.17) is 10.9 Å². The molecule has 0 fully saturated rings. The highest BCUT2D eigenvalue weighted by Crippen LogP contribution is 2.33. The first-order valence-corrected chi connectivity index (χ1v) is 10.2. The van der Waals surface area contributed by atoms with E-state index < -0.39 is 20.7 Å². The Morgan fingerprint density at radius 2 is 1.96 bits per heavy atom. The summed E-state index contributed by atoms with van der Waals surface area (Å²) in [6, 6.07) is 8.05. The molecule has 3 rings (SSSR count). The van der Waals surface area contributed by atoms with Gasteiger partial charge in [0.05, 0.1) is 6.54 Å². The Kier molecular flexibility index (Phi) is 5.04. The third kappa shape index (κ3) is 3.74. The highest BCUT2D eigenvalue weighted by molar-refractivity contribution is 14.1. The fourth-order valence-corrected chi connectivity index (χ4v) is 3.94. The Morgan fingerprint density at radius 3 is 2.54 bits per heavy atom. The van der Waals surface area contributed by atoms with Gasteiger partial charge in [-0.25, -0.2) is 17.9 Å². The molecule has 1 aliphatic rings. The molecule has 0 bridgehead atoms. The van der Waals surface area contributed by atoms with E-state index in [1.54, 1.807) is 6.08 Å². The zero-order valence-corrected chi connectivity index (χ0v) is 16.7. The summed E-state index contributed by atoms with van der Waals surface area (Å²) in [6.45, 7) is 2.30. The monoisotopic (exact) mass is 486 g/mol. The van der Waals surface area contributed by atoms with Gasteiger partial charge >= 0.3 is 0 Å². The first-order valence-electron chi connectivity index (χ1n) is 7.57. The van der Waals surface area contributed by atoms with E-state index in [9.17, 15) is 12.8 Å². The predicted octanol–water partition coefficient (Wildman–Crippen LogP) is 2.88. The Labute approximate surface area is 164 Å². The molecule has 0 amide bonds. The van der Waals surface area contributed by atoms with Gasteiger partial charge in [-0.3, -0.25) is 4.99 Å². The van der Waals surface area contributed by atoms with Crippen LogP contribution in [-0.2, 0) is 10.0 Å². The minimum atomic E-state index is -4.22. The topological polar surface area (TPSA) is 111 Å². The average molecular weight is 486 g/mol. The number of nitrogens with two attached hydrogens (primary N) is 2. The lowest BCUT2D eigenvalue weighted by atomic mass is 10.0. The molecular formula is C17H16FIN4O2S. The molecule has 136 valence electrons. The van der Waals surface area contributed by atoms with Crippen LogP contribution in [0.5, 0.6) is 0 Å². The van der Waals surface area contributed by atoms with Crippen LogP contribution in [0.4, 0.5) is 15.8 Å². The molecule has 0 spiro atoms. The van der Waals surface area contributed by atoms with Crippen LogP contribution < -0.4 is 16.2 Å². The average Bonchev–Trinajstić information content (AvgIpc) is 2.95. The summed E-state index contributed by atoms with van der Waals surface area (Å²) in [6.07, 6.45) is 1.75. The number of anilines is 2. The van der Waals surface area contributed by atoms with Crippen molar-refractivity contribution in [2.45, 2.75) is 11.8 Å². The third-order valence-corrected chi connectivity index (χ3v) is 5.56. The van der Waals surface area contributed by atoms with Crippen molar-refractivity contribution in [3.05, 3.63) is 56.9 Å². The number of nitrogens with one attached hydrogen (secondary N) is 1. The smallest absolute Gasteiger partial charge is 0.240 e. The van der Waals surface area contributed by atoms with Gasteiger partial charge in [0, 0.05) is 26.1 Å². The summed E-state index contributed by atoms with van der Waals surface area (Å²) in [5.74, 6) is -0.671. The van der Waals surface area contributed by atoms with Crippen LogP contribution in [0, 0.1) is 16.3 Å². The van der Waals surface area contributed by atoms with Gasteiger partial charge in [0.25, 0.3) is 0 Å². The lowest BCUT2D eigenvalue weighted by molar-refractivity contribution is 0.568. The number of rotatable bonds is 4. The van der Waals surface area contributed by atoms with Crippen molar-refractivity contribution in [1.29, 1.82) is 0 Å². The molecule has 0 atom stereocenters. The molecule has 26 heavy (non-hydrogen) atoms. The summed E-state index contributed by atoms with van der Waals surface area (Å²) in [5.41, 5.74) is 8.97. The maximum Gasteiger partial charge on any atom is 0.240 e. The minimum absolute atomic E-state index is 0.263. The van der Waals surface area contributed by atoms with Crippen molar-refractivity contribution in [3.63, 3.8) is 0 Å². The predicted molar refractivity (Wildman–Crippen MR) is 109 cm³/mol. The SMILES string of the molecule is Cc1cc(I)ccc1Nc1cc(F)c(S(N)(=O)=O)cc1C1=CCN=C1N.